The van der Waals surface area contributed by atoms with Gasteiger partial charge in [-0.1, -0.05) is 34.1 Å². The Morgan fingerprint density at radius 3 is 2.41 bits per heavy atom. The van der Waals surface area contributed by atoms with Gasteiger partial charge in [0.2, 0.25) is 0 Å². The Labute approximate surface area is 108 Å². The van der Waals surface area contributed by atoms with Gasteiger partial charge < -0.3 is 5.32 Å². The van der Waals surface area contributed by atoms with Crippen molar-refractivity contribution in [2.75, 3.05) is 13.1 Å². The second-order valence-electron chi connectivity index (χ2n) is 6.42. The van der Waals surface area contributed by atoms with Crippen LogP contribution in [-0.4, -0.2) is 36.1 Å². The summed E-state index contributed by atoms with van der Waals surface area (Å²) < 4.78 is 0. The lowest BCUT2D eigenvalue weighted by Gasteiger charge is -2.44. The van der Waals surface area contributed by atoms with Gasteiger partial charge in [-0.15, -0.1) is 0 Å². The van der Waals surface area contributed by atoms with Crippen LogP contribution in [0.2, 0.25) is 0 Å². The lowest BCUT2D eigenvalue weighted by molar-refractivity contribution is 0.0729. The van der Waals surface area contributed by atoms with E-state index in [4.69, 9.17) is 0 Å². The second-order valence-corrected chi connectivity index (χ2v) is 6.42. The lowest BCUT2D eigenvalue weighted by Crippen LogP contribution is -2.59. The zero-order valence-corrected chi connectivity index (χ0v) is 12.7. The van der Waals surface area contributed by atoms with Gasteiger partial charge >= 0.3 is 0 Å². The monoisotopic (exact) mass is 240 g/mol. The Morgan fingerprint density at radius 2 is 1.88 bits per heavy atom. The zero-order valence-electron chi connectivity index (χ0n) is 12.7. The van der Waals surface area contributed by atoms with Crippen LogP contribution in [0.25, 0.3) is 0 Å². The first-order chi connectivity index (χ1) is 7.95. The van der Waals surface area contributed by atoms with Crippen molar-refractivity contribution in [2.45, 2.75) is 72.5 Å². The Morgan fingerprint density at radius 1 is 1.24 bits per heavy atom. The summed E-state index contributed by atoms with van der Waals surface area (Å²) in [5.41, 5.74) is 0. The standard InChI is InChI=1S/C15H32N2/c1-7-12(4)15-10-17(14(6)9-16-15)13(5)8-11(2)3/h11-16H,7-10H2,1-6H3. The SMILES string of the molecule is CCC(C)C1CN(C(C)CC(C)C)C(C)CN1. The van der Waals surface area contributed by atoms with Crippen LogP contribution >= 0.6 is 0 Å². The lowest BCUT2D eigenvalue weighted by atomic mass is 9.93. The number of piperazine rings is 1. The molecule has 4 unspecified atom stereocenters. The molecule has 102 valence electrons. The van der Waals surface area contributed by atoms with E-state index in [2.05, 4.69) is 51.8 Å². The third kappa shape index (κ3) is 4.26. The molecule has 4 atom stereocenters. The molecule has 0 bridgehead atoms. The van der Waals surface area contributed by atoms with Gasteiger partial charge in [0.25, 0.3) is 0 Å². The molecule has 0 spiro atoms. The van der Waals surface area contributed by atoms with E-state index in [1.165, 1.54) is 19.4 Å². The molecule has 0 aromatic rings. The van der Waals surface area contributed by atoms with E-state index < -0.39 is 0 Å². The summed E-state index contributed by atoms with van der Waals surface area (Å²) in [6.45, 7) is 16.5. The van der Waals surface area contributed by atoms with Gasteiger partial charge in [0.05, 0.1) is 0 Å². The van der Waals surface area contributed by atoms with Crippen molar-refractivity contribution in [3.8, 4) is 0 Å². The maximum absolute atomic E-state index is 3.72. The highest BCUT2D eigenvalue weighted by molar-refractivity contribution is 4.88. The van der Waals surface area contributed by atoms with Gasteiger partial charge in [-0.3, -0.25) is 4.90 Å². The minimum Gasteiger partial charge on any atom is -0.311 e. The van der Waals surface area contributed by atoms with Crippen molar-refractivity contribution in [1.82, 2.24) is 10.2 Å². The highest BCUT2D eigenvalue weighted by atomic mass is 15.2. The molecule has 0 saturated carbocycles. The molecule has 1 heterocycles. The van der Waals surface area contributed by atoms with Crippen molar-refractivity contribution < 1.29 is 0 Å². The van der Waals surface area contributed by atoms with Crippen LogP contribution in [0.1, 0.15) is 54.4 Å². The predicted octanol–water partition coefficient (Wildman–Crippen LogP) is 3.13. The Kier molecular flexibility index (Phi) is 5.94. The van der Waals surface area contributed by atoms with E-state index in [1.54, 1.807) is 0 Å². The van der Waals surface area contributed by atoms with Crippen LogP contribution in [0.5, 0.6) is 0 Å². The topological polar surface area (TPSA) is 15.3 Å². The smallest absolute Gasteiger partial charge is 0.0221 e. The summed E-state index contributed by atoms with van der Waals surface area (Å²) in [6, 6.07) is 2.09. The molecular weight excluding hydrogens is 208 g/mol. The normalized spacial score (nSPS) is 30.5. The van der Waals surface area contributed by atoms with Crippen LogP contribution in [0.15, 0.2) is 0 Å². The highest BCUT2D eigenvalue weighted by Crippen LogP contribution is 2.20. The van der Waals surface area contributed by atoms with Crippen LogP contribution in [0.4, 0.5) is 0 Å². The average molecular weight is 240 g/mol. The molecular formula is C15H32N2. The van der Waals surface area contributed by atoms with E-state index in [0.29, 0.717) is 12.1 Å². The molecule has 1 aliphatic rings. The number of rotatable bonds is 5. The molecule has 2 heteroatoms. The van der Waals surface area contributed by atoms with Crippen molar-refractivity contribution in [3.63, 3.8) is 0 Å². The minimum absolute atomic E-state index is 0.684. The van der Waals surface area contributed by atoms with Crippen molar-refractivity contribution >= 4 is 0 Å². The van der Waals surface area contributed by atoms with Gasteiger partial charge in [-0.2, -0.15) is 0 Å². The maximum atomic E-state index is 3.72. The molecule has 2 nitrogen and oxygen atoms in total. The summed E-state index contributed by atoms with van der Waals surface area (Å²) in [5.74, 6) is 1.59. The fourth-order valence-electron chi connectivity index (χ4n) is 3.01. The molecule has 1 rings (SSSR count). The zero-order chi connectivity index (χ0) is 13.0. The maximum Gasteiger partial charge on any atom is 0.0221 e. The van der Waals surface area contributed by atoms with Crippen LogP contribution in [-0.2, 0) is 0 Å². The fourth-order valence-corrected chi connectivity index (χ4v) is 3.01. The van der Waals surface area contributed by atoms with Crippen molar-refractivity contribution in [3.05, 3.63) is 0 Å². The summed E-state index contributed by atoms with van der Waals surface area (Å²) in [6.07, 6.45) is 2.59. The third-order valence-electron chi connectivity index (χ3n) is 4.36. The van der Waals surface area contributed by atoms with Gasteiger partial charge in [0.1, 0.15) is 0 Å². The van der Waals surface area contributed by atoms with Crippen molar-refractivity contribution in [2.24, 2.45) is 11.8 Å². The van der Waals surface area contributed by atoms with Crippen LogP contribution in [0.3, 0.4) is 0 Å². The number of nitrogens with one attached hydrogen (secondary N) is 1. The molecule has 0 amide bonds. The first kappa shape index (κ1) is 15.0. The molecule has 0 aliphatic carbocycles. The molecule has 1 saturated heterocycles. The van der Waals surface area contributed by atoms with Gasteiger partial charge in [0.15, 0.2) is 0 Å². The van der Waals surface area contributed by atoms with Crippen molar-refractivity contribution in [1.29, 1.82) is 0 Å². The molecule has 1 aliphatic heterocycles. The van der Waals surface area contributed by atoms with E-state index in [-0.39, 0.29) is 0 Å². The Hall–Kier alpha value is -0.0800. The van der Waals surface area contributed by atoms with Gasteiger partial charge in [-0.05, 0) is 32.1 Å². The van der Waals surface area contributed by atoms with E-state index >= 15 is 0 Å². The quantitative estimate of drug-likeness (QED) is 0.794. The highest BCUT2D eigenvalue weighted by Gasteiger charge is 2.30. The minimum atomic E-state index is 0.684. The molecule has 0 aromatic heterocycles. The molecule has 0 radical (unpaired) electrons. The number of nitrogens with zero attached hydrogens (tertiary/aromatic N) is 1. The largest absolute Gasteiger partial charge is 0.311 e. The van der Waals surface area contributed by atoms with Crippen LogP contribution in [0, 0.1) is 11.8 Å². The van der Waals surface area contributed by atoms with Gasteiger partial charge in [0, 0.05) is 31.2 Å². The van der Waals surface area contributed by atoms with E-state index in [0.717, 1.165) is 24.4 Å². The predicted molar refractivity (Wildman–Crippen MR) is 76.3 cm³/mol. The Bertz CT molecular complexity index is 215. The Balaban J connectivity index is 2.56. The summed E-state index contributed by atoms with van der Waals surface area (Å²) in [4.78, 5) is 2.72. The summed E-state index contributed by atoms with van der Waals surface area (Å²) >= 11 is 0. The first-order valence-electron chi connectivity index (χ1n) is 7.44. The van der Waals surface area contributed by atoms with Gasteiger partial charge in [-0.25, -0.2) is 0 Å². The summed E-state index contributed by atoms with van der Waals surface area (Å²) in [7, 11) is 0. The molecule has 17 heavy (non-hydrogen) atoms. The van der Waals surface area contributed by atoms with E-state index in [9.17, 15) is 0 Å². The average Bonchev–Trinajstić information content (AvgIpc) is 2.27. The van der Waals surface area contributed by atoms with E-state index in [1.807, 2.05) is 0 Å². The third-order valence-corrected chi connectivity index (χ3v) is 4.36. The number of hydrogen-bond donors (Lipinski definition) is 1. The molecule has 1 N–H and O–H groups in total. The number of hydrogen-bond acceptors (Lipinski definition) is 2. The molecule has 1 fully saturated rings. The molecule has 0 aromatic carbocycles. The fraction of sp³-hybridized carbons (Fsp3) is 1.00. The first-order valence-corrected chi connectivity index (χ1v) is 7.44. The van der Waals surface area contributed by atoms with Crippen LogP contribution < -0.4 is 5.32 Å². The summed E-state index contributed by atoms with van der Waals surface area (Å²) in [5, 5.41) is 3.72. The second kappa shape index (κ2) is 6.75.